The van der Waals surface area contributed by atoms with Gasteiger partial charge in [-0.15, -0.1) is 0 Å². The molecule has 1 fully saturated rings. The first-order chi connectivity index (χ1) is 8.60. The molecule has 2 atom stereocenters. The summed E-state index contributed by atoms with van der Waals surface area (Å²) in [5.41, 5.74) is 3.39. The smallest absolute Gasteiger partial charge is 0.283 e. The average molecular weight is 248 g/mol. The van der Waals surface area contributed by atoms with E-state index in [1.165, 1.54) is 6.42 Å². The molecular formula is C13H20N4O. The highest BCUT2D eigenvalue weighted by Gasteiger charge is 2.26. The predicted molar refractivity (Wildman–Crippen MR) is 69.5 cm³/mol. The number of pyridine rings is 1. The molecule has 0 radical (unpaired) electrons. The van der Waals surface area contributed by atoms with Crippen molar-refractivity contribution in [2.75, 3.05) is 6.54 Å². The van der Waals surface area contributed by atoms with Gasteiger partial charge in [0, 0.05) is 19.1 Å². The summed E-state index contributed by atoms with van der Waals surface area (Å²) in [5, 5.41) is 0. The van der Waals surface area contributed by atoms with Gasteiger partial charge in [0.05, 0.1) is 5.69 Å². The van der Waals surface area contributed by atoms with Crippen LogP contribution in [0.3, 0.4) is 0 Å². The Hall–Kier alpha value is -1.46. The molecule has 1 aliphatic rings. The first-order valence-corrected chi connectivity index (χ1v) is 6.31. The van der Waals surface area contributed by atoms with E-state index in [1.54, 1.807) is 6.07 Å². The van der Waals surface area contributed by atoms with Crippen molar-refractivity contribution in [1.29, 1.82) is 0 Å². The minimum absolute atomic E-state index is 0.348. The highest BCUT2D eigenvalue weighted by atomic mass is 16.2. The monoisotopic (exact) mass is 248 g/mol. The quantitative estimate of drug-likeness (QED) is 0.474. The van der Waals surface area contributed by atoms with Gasteiger partial charge in [-0.3, -0.25) is 15.1 Å². The molecule has 2 heterocycles. The lowest BCUT2D eigenvalue weighted by Gasteiger charge is -2.20. The number of hydrazine groups is 1. The maximum absolute atomic E-state index is 11.4. The Balaban J connectivity index is 2.08. The third-order valence-corrected chi connectivity index (χ3v) is 3.45. The van der Waals surface area contributed by atoms with Gasteiger partial charge in [0.2, 0.25) is 0 Å². The van der Waals surface area contributed by atoms with E-state index < -0.39 is 0 Å². The lowest BCUT2D eigenvalue weighted by molar-refractivity contribution is 0.0948. The van der Waals surface area contributed by atoms with E-state index >= 15 is 0 Å². The van der Waals surface area contributed by atoms with Gasteiger partial charge in [-0.2, -0.15) is 0 Å². The molecule has 2 rings (SSSR count). The predicted octanol–water partition coefficient (Wildman–Crippen LogP) is 0.915. The highest BCUT2D eigenvalue weighted by Crippen LogP contribution is 2.23. The van der Waals surface area contributed by atoms with Gasteiger partial charge in [0.25, 0.3) is 5.91 Å². The zero-order valence-electron chi connectivity index (χ0n) is 10.9. The summed E-state index contributed by atoms with van der Waals surface area (Å²) in [6.07, 6.45) is 1.23. The summed E-state index contributed by atoms with van der Waals surface area (Å²) < 4.78 is 0. The summed E-state index contributed by atoms with van der Waals surface area (Å²) in [4.78, 5) is 18.1. The van der Waals surface area contributed by atoms with Crippen molar-refractivity contribution in [1.82, 2.24) is 15.3 Å². The number of carbonyl (C=O) groups excluding carboxylic acids is 1. The minimum atomic E-state index is -0.348. The van der Waals surface area contributed by atoms with Crippen molar-refractivity contribution >= 4 is 5.91 Å². The normalized spacial score (nSPS) is 24.2. The molecular weight excluding hydrogens is 228 g/mol. The first kappa shape index (κ1) is 13.0. The van der Waals surface area contributed by atoms with E-state index in [0.717, 1.165) is 24.7 Å². The number of hydrogen-bond donors (Lipinski definition) is 2. The molecule has 1 aromatic heterocycles. The number of nitrogens with zero attached hydrogens (tertiary/aromatic N) is 2. The molecule has 1 saturated heterocycles. The summed E-state index contributed by atoms with van der Waals surface area (Å²) in [6, 6.07) is 6.04. The number of nitrogens with two attached hydrogens (primary N) is 1. The molecule has 0 saturated carbocycles. The van der Waals surface area contributed by atoms with Crippen LogP contribution in [-0.2, 0) is 6.54 Å². The van der Waals surface area contributed by atoms with Crippen molar-refractivity contribution in [3.05, 3.63) is 29.6 Å². The fraction of sp³-hybridized carbons (Fsp3) is 0.538. The van der Waals surface area contributed by atoms with Crippen LogP contribution in [0.5, 0.6) is 0 Å². The van der Waals surface area contributed by atoms with Crippen molar-refractivity contribution in [3.63, 3.8) is 0 Å². The van der Waals surface area contributed by atoms with Crippen molar-refractivity contribution in [2.45, 2.75) is 32.9 Å². The molecule has 2 unspecified atom stereocenters. The van der Waals surface area contributed by atoms with Crippen molar-refractivity contribution in [3.8, 4) is 0 Å². The summed E-state index contributed by atoms with van der Waals surface area (Å²) in [5.74, 6) is 5.49. The zero-order valence-corrected chi connectivity index (χ0v) is 10.9. The van der Waals surface area contributed by atoms with Crippen LogP contribution >= 0.6 is 0 Å². The van der Waals surface area contributed by atoms with E-state index in [-0.39, 0.29) is 5.91 Å². The standard InChI is InChI=1S/C13H20N4O/c1-9-6-10(2)17(7-9)8-11-4-3-5-12(15-11)13(18)16-14/h3-5,9-10H,6-8,14H2,1-2H3,(H,16,18). The highest BCUT2D eigenvalue weighted by molar-refractivity contribution is 5.91. The average Bonchev–Trinajstić information content (AvgIpc) is 2.67. The maximum Gasteiger partial charge on any atom is 0.283 e. The molecule has 0 aromatic carbocycles. The molecule has 1 aromatic rings. The van der Waals surface area contributed by atoms with E-state index in [1.807, 2.05) is 12.1 Å². The maximum atomic E-state index is 11.4. The van der Waals surface area contributed by atoms with Gasteiger partial charge in [-0.05, 0) is 31.4 Å². The minimum Gasteiger partial charge on any atom is -0.295 e. The summed E-state index contributed by atoms with van der Waals surface area (Å²) >= 11 is 0. The second kappa shape index (κ2) is 5.46. The molecule has 1 aliphatic heterocycles. The number of amides is 1. The fourth-order valence-electron chi connectivity index (χ4n) is 2.58. The van der Waals surface area contributed by atoms with E-state index in [2.05, 4.69) is 29.2 Å². The van der Waals surface area contributed by atoms with Crippen molar-refractivity contribution < 1.29 is 4.79 Å². The van der Waals surface area contributed by atoms with E-state index in [0.29, 0.717) is 11.7 Å². The van der Waals surface area contributed by atoms with Gasteiger partial charge >= 0.3 is 0 Å². The molecule has 18 heavy (non-hydrogen) atoms. The Bertz CT molecular complexity index is 435. The number of nitrogens with one attached hydrogen (secondary N) is 1. The molecule has 0 aliphatic carbocycles. The largest absolute Gasteiger partial charge is 0.295 e. The SMILES string of the molecule is CC1CC(C)N(Cc2cccc(C(=O)NN)n2)C1. The molecule has 0 spiro atoms. The topological polar surface area (TPSA) is 71.2 Å². The van der Waals surface area contributed by atoms with Crippen LogP contribution in [0.1, 0.15) is 36.5 Å². The summed E-state index contributed by atoms with van der Waals surface area (Å²) in [6.45, 7) is 6.38. The van der Waals surface area contributed by atoms with Crippen LogP contribution in [0, 0.1) is 5.92 Å². The lowest BCUT2D eigenvalue weighted by Crippen LogP contribution is -2.31. The Morgan fingerprint density at radius 3 is 2.94 bits per heavy atom. The van der Waals surface area contributed by atoms with E-state index in [4.69, 9.17) is 5.84 Å². The summed E-state index contributed by atoms with van der Waals surface area (Å²) in [7, 11) is 0. The second-order valence-corrected chi connectivity index (χ2v) is 5.11. The second-order valence-electron chi connectivity index (χ2n) is 5.11. The van der Waals surface area contributed by atoms with Gasteiger partial charge in [0.1, 0.15) is 5.69 Å². The number of likely N-dealkylation sites (tertiary alicyclic amines) is 1. The number of hydrogen-bond acceptors (Lipinski definition) is 4. The van der Waals surface area contributed by atoms with Crippen LogP contribution in [0.15, 0.2) is 18.2 Å². The van der Waals surface area contributed by atoms with Crippen LogP contribution in [0.25, 0.3) is 0 Å². The van der Waals surface area contributed by atoms with Crippen LogP contribution in [0.2, 0.25) is 0 Å². The number of rotatable bonds is 3. The fourth-order valence-corrected chi connectivity index (χ4v) is 2.58. The number of nitrogen functional groups attached to an aromatic ring is 1. The van der Waals surface area contributed by atoms with Crippen LogP contribution < -0.4 is 11.3 Å². The van der Waals surface area contributed by atoms with Crippen LogP contribution in [0.4, 0.5) is 0 Å². The Kier molecular flexibility index (Phi) is 3.93. The Morgan fingerprint density at radius 2 is 2.33 bits per heavy atom. The molecule has 5 heteroatoms. The van der Waals surface area contributed by atoms with Crippen molar-refractivity contribution in [2.24, 2.45) is 11.8 Å². The van der Waals surface area contributed by atoms with Crippen LogP contribution in [-0.4, -0.2) is 28.4 Å². The molecule has 98 valence electrons. The lowest BCUT2D eigenvalue weighted by atomic mass is 10.1. The first-order valence-electron chi connectivity index (χ1n) is 6.31. The molecule has 1 amide bonds. The number of carbonyl (C=O) groups is 1. The molecule has 0 bridgehead atoms. The van der Waals surface area contributed by atoms with Gasteiger partial charge in [-0.1, -0.05) is 13.0 Å². The third kappa shape index (κ3) is 2.86. The molecule has 3 N–H and O–H groups in total. The van der Waals surface area contributed by atoms with Gasteiger partial charge in [-0.25, -0.2) is 10.8 Å². The van der Waals surface area contributed by atoms with E-state index in [9.17, 15) is 4.79 Å². The van der Waals surface area contributed by atoms with Gasteiger partial charge < -0.3 is 0 Å². The molecule has 5 nitrogen and oxygen atoms in total. The Labute approximate surface area is 107 Å². The third-order valence-electron chi connectivity index (χ3n) is 3.45. The van der Waals surface area contributed by atoms with Gasteiger partial charge in [0.15, 0.2) is 0 Å². The zero-order chi connectivity index (χ0) is 13.1. The number of aromatic nitrogens is 1. The Morgan fingerprint density at radius 1 is 1.56 bits per heavy atom.